The summed E-state index contributed by atoms with van der Waals surface area (Å²) in [5.74, 6) is 2.30. The molecule has 0 unspecified atom stereocenters. The molecule has 0 saturated heterocycles. The van der Waals surface area contributed by atoms with Gasteiger partial charge in [0.05, 0.1) is 25.4 Å². The smallest absolute Gasteiger partial charge is 0.256 e. The summed E-state index contributed by atoms with van der Waals surface area (Å²) in [4.78, 5) is 17.3. The van der Waals surface area contributed by atoms with Crippen LogP contribution in [0.2, 0.25) is 0 Å². The fourth-order valence-electron chi connectivity index (χ4n) is 3.79. The van der Waals surface area contributed by atoms with Crippen LogP contribution >= 0.6 is 11.5 Å². The third-order valence-electron chi connectivity index (χ3n) is 5.40. The number of hydrogen-bond acceptors (Lipinski definition) is 7. The van der Waals surface area contributed by atoms with Crippen LogP contribution in [0.25, 0.3) is 21.7 Å². The van der Waals surface area contributed by atoms with E-state index in [1.807, 2.05) is 61.5 Å². The topological polar surface area (TPSA) is 82.6 Å². The van der Waals surface area contributed by atoms with Gasteiger partial charge in [0.25, 0.3) is 5.91 Å². The van der Waals surface area contributed by atoms with E-state index in [9.17, 15) is 4.79 Å². The van der Waals surface area contributed by atoms with E-state index in [1.165, 1.54) is 11.5 Å². The molecule has 0 fully saturated rings. The molecule has 2 heterocycles. The Bertz CT molecular complexity index is 1530. The zero-order chi connectivity index (χ0) is 23.7. The molecule has 0 aliphatic heterocycles. The number of ether oxygens (including phenoxy) is 3. The molecule has 1 N–H and O–H groups in total. The number of hydrogen-bond donors (Lipinski definition) is 1. The van der Waals surface area contributed by atoms with Crippen LogP contribution in [0.4, 0.5) is 5.00 Å². The summed E-state index contributed by atoms with van der Waals surface area (Å²) in [6.45, 7) is 1.89. The molecule has 1 amide bonds. The Morgan fingerprint density at radius 2 is 1.74 bits per heavy atom. The van der Waals surface area contributed by atoms with Gasteiger partial charge in [-0.3, -0.25) is 9.78 Å². The van der Waals surface area contributed by atoms with Crippen molar-refractivity contribution in [2.45, 2.75) is 6.92 Å². The number of benzene rings is 3. The van der Waals surface area contributed by atoms with Crippen LogP contribution < -0.4 is 19.5 Å². The van der Waals surface area contributed by atoms with Gasteiger partial charge in [-0.25, -0.2) is 0 Å². The molecule has 0 bridgehead atoms. The lowest BCUT2D eigenvalue weighted by molar-refractivity contribution is 0.102. The Labute approximate surface area is 200 Å². The number of nitrogens with one attached hydrogen (secondary N) is 1. The second-order valence-corrected chi connectivity index (χ2v) is 8.42. The van der Waals surface area contributed by atoms with E-state index in [4.69, 9.17) is 14.2 Å². The van der Waals surface area contributed by atoms with Crippen LogP contribution in [0.5, 0.6) is 23.0 Å². The van der Waals surface area contributed by atoms with Gasteiger partial charge in [0, 0.05) is 23.2 Å². The molecule has 170 valence electrons. The Morgan fingerprint density at radius 1 is 0.912 bits per heavy atom. The molecule has 5 aromatic rings. The minimum Gasteiger partial charge on any atom is -0.493 e. The third-order valence-corrected chi connectivity index (χ3v) is 6.19. The van der Waals surface area contributed by atoms with Gasteiger partial charge in [0.2, 0.25) is 0 Å². The summed E-state index contributed by atoms with van der Waals surface area (Å²) in [6.07, 6.45) is 1.69. The van der Waals surface area contributed by atoms with Gasteiger partial charge < -0.3 is 19.5 Å². The molecule has 2 aromatic heterocycles. The van der Waals surface area contributed by atoms with Crippen molar-refractivity contribution in [2.24, 2.45) is 0 Å². The maximum Gasteiger partial charge on any atom is 0.256 e. The van der Waals surface area contributed by atoms with Gasteiger partial charge in [-0.1, -0.05) is 12.1 Å². The third kappa shape index (κ3) is 4.11. The summed E-state index contributed by atoms with van der Waals surface area (Å²) >= 11 is 1.26. The normalized spacial score (nSPS) is 10.9. The molecular weight excluding hydrogens is 450 g/mol. The number of aryl methyl sites for hydroxylation is 1. The number of rotatable bonds is 6. The van der Waals surface area contributed by atoms with E-state index in [2.05, 4.69) is 14.7 Å². The molecule has 0 radical (unpaired) electrons. The van der Waals surface area contributed by atoms with Crippen molar-refractivity contribution in [1.82, 2.24) is 9.36 Å². The van der Waals surface area contributed by atoms with Crippen LogP contribution in [0.1, 0.15) is 16.1 Å². The van der Waals surface area contributed by atoms with Crippen molar-refractivity contribution in [1.29, 1.82) is 0 Å². The number of fused-ring (bicyclic) bond motifs is 2. The van der Waals surface area contributed by atoms with Crippen molar-refractivity contribution in [3.8, 4) is 23.0 Å². The highest BCUT2D eigenvalue weighted by atomic mass is 32.1. The van der Waals surface area contributed by atoms with Crippen LogP contribution in [0.15, 0.2) is 66.9 Å². The quantitative estimate of drug-likeness (QED) is 0.317. The summed E-state index contributed by atoms with van der Waals surface area (Å²) in [5, 5.41) is 6.17. The Morgan fingerprint density at radius 3 is 2.50 bits per heavy atom. The lowest BCUT2D eigenvalue weighted by Gasteiger charge is -2.13. The Kier molecular flexibility index (Phi) is 5.73. The molecule has 0 atom stereocenters. The molecule has 34 heavy (non-hydrogen) atoms. The number of pyridine rings is 1. The number of amides is 1. The zero-order valence-electron chi connectivity index (χ0n) is 18.8. The van der Waals surface area contributed by atoms with Crippen molar-refractivity contribution >= 4 is 44.1 Å². The van der Waals surface area contributed by atoms with Gasteiger partial charge in [0.15, 0.2) is 11.5 Å². The highest BCUT2D eigenvalue weighted by molar-refractivity contribution is 7.10. The van der Waals surface area contributed by atoms with Crippen molar-refractivity contribution in [3.05, 3.63) is 78.1 Å². The fourth-order valence-corrected chi connectivity index (χ4v) is 4.45. The fraction of sp³-hybridized carbons (Fsp3) is 0.115. The molecule has 0 aliphatic rings. The molecule has 3 aromatic carbocycles. The summed E-state index contributed by atoms with van der Waals surface area (Å²) in [7, 11) is 3.18. The average Bonchev–Trinajstić information content (AvgIpc) is 3.27. The first-order chi connectivity index (χ1) is 16.6. The molecule has 0 spiro atoms. The Hall–Kier alpha value is -4.17. The van der Waals surface area contributed by atoms with Crippen molar-refractivity contribution in [2.75, 3.05) is 19.5 Å². The van der Waals surface area contributed by atoms with Crippen LogP contribution in [0.3, 0.4) is 0 Å². The highest BCUT2D eigenvalue weighted by Gasteiger charge is 2.14. The second-order valence-electron chi connectivity index (χ2n) is 7.61. The van der Waals surface area contributed by atoms with Crippen LogP contribution in [0, 0.1) is 6.92 Å². The zero-order valence-corrected chi connectivity index (χ0v) is 19.6. The maximum absolute atomic E-state index is 12.9. The molecular formula is C26H21N3O4S. The van der Waals surface area contributed by atoms with E-state index >= 15 is 0 Å². The van der Waals surface area contributed by atoms with Crippen LogP contribution in [-0.4, -0.2) is 29.5 Å². The predicted octanol–water partition coefficient (Wildman–Crippen LogP) is 6.21. The molecule has 0 saturated carbocycles. The number of anilines is 1. The van der Waals surface area contributed by atoms with Gasteiger partial charge >= 0.3 is 0 Å². The van der Waals surface area contributed by atoms with Gasteiger partial charge in [-0.2, -0.15) is 4.37 Å². The first kappa shape index (κ1) is 21.7. The van der Waals surface area contributed by atoms with Crippen LogP contribution in [-0.2, 0) is 0 Å². The standard InChI is InChI=1S/C26H21N3O4S/c1-15-11-25(34-29-15)28-26(30)19-6-4-5-16-12-17(7-8-18(16)19)33-22-9-10-27-21-14-24(32-3)23(31-2)13-20(21)22/h4-14H,1-3H3,(H,28,30). The van der Waals surface area contributed by atoms with E-state index < -0.39 is 0 Å². The summed E-state index contributed by atoms with van der Waals surface area (Å²) in [6, 6.07) is 18.6. The van der Waals surface area contributed by atoms with E-state index in [0.29, 0.717) is 28.6 Å². The van der Waals surface area contributed by atoms with Gasteiger partial charge in [-0.05, 0) is 71.7 Å². The number of carbonyl (C=O) groups excluding carboxylic acids is 1. The highest BCUT2D eigenvalue weighted by Crippen LogP contribution is 2.37. The van der Waals surface area contributed by atoms with E-state index in [1.54, 1.807) is 26.5 Å². The number of aromatic nitrogens is 2. The lowest BCUT2D eigenvalue weighted by atomic mass is 10.0. The van der Waals surface area contributed by atoms with Crippen molar-refractivity contribution in [3.63, 3.8) is 0 Å². The number of methoxy groups -OCH3 is 2. The predicted molar refractivity (Wildman–Crippen MR) is 134 cm³/mol. The second kappa shape index (κ2) is 8.99. The Balaban J connectivity index is 1.48. The first-order valence-electron chi connectivity index (χ1n) is 10.5. The molecule has 7 nitrogen and oxygen atoms in total. The minimum atomic E-state index is -0.177. The molecule has 5 rings (SSSR count). The molecule has 8 heteroatoms. The number of carbonyl (C=O) groups is 1. The minimum absolute atomic E-state index is 0.177. The summed E-state index contributed by atoms with van der Waals surface area (Å²) in [5.41, 5.74) is 2.19. The maximum atomic E-state index is 12.9. The molecule has 0 aliphatic carbocycles. The van der Waals surface area contributed by atoms with Crippen molar-refractivity contribution < 1.29 is 19.0 Å². The first-order valence-corrected chi connectivity index (χ1v) is 11.3. The van der Waals surface area contributed by atoms with Gasteiger partial charge in [-0.15, -0.1) is 0 Å². The largest absolute Gasteiger partial charge is 0.493 e. The summed E-state index contributed by atoms with van der Waals surface area (Å²) < 4.78 is 21.3. The monoisotopic (exact) mass is 471 g/mol. The van der Waals surface area contributed by atoms with E-state index in [-0.39, 0.29) is 5.91 Å². The van der Waals surface area contributed by atoms with Gasteiger partial charge in [0.1, 0.15) is 16.5 Å². The lowest BCUT2D eigenvalue weighted by Crippen LogP contribution is -2.11. The average molecular weight is 472 g/mol. The SMILES string of the molecule is COc1cc2nccc(Oc3ccc4c(C(=O)Nc5cc(C)ns5)cccc4c3)c2cc1OC. The number of nitrogens with zero attached hydrogens (tertiary/aromatic N) is 2. The van der Waals surface area contributed by atoms with E-state index in [0.717, 1.165) is 32.4 Å².